The number of hydrogen-bond donors (Lipinski definition) is 2. The average molecular weight is 670 g/mol. The summed E-state index contributed by atoms with van der Waals surface area (Å²) >= 11 is 0. The molecular weight excluding hydrogens is 626 g/mol. The summed E-state index contributed by atoms with van der Waals surface area (Å²) < 4.78 is 19.0. The van der Waals surface area contributed by atoms with Crippen LogP contribution in [0.25, 0.3) is 20.9 Å². The van der Waals surface area contributed by atoms with Gasteiger partial charge in [0.2, 0.25) is 0 Å². The number of aliphatic hydroxyl groups excluding tert-OH is 2. The van der Waals surface area contributed by atoms with Gasteiger partial charge in [-0.1, -0.05) is 108 Å². The molecule has 9 atom stereocenters. The molecule has 0 radical (unpaired) electrons. The fourth-order valence-corrected chi connectivity index (χ4v) is 7.02. The Bertz CT molecular complexity index is 1570. The molecule has 13 nitrogen and oxygen atoms in total. The van der Waals surface area contributed by atoms with E-state index in [2.05, 4.69) is 20.1 Å². The van der Waals surface area contributed by atoms with E-state index in [0.29, 0.717) is 25.9 Å². The maximum absolute atomic E-state index is 14.0. The van der Waals surface area contributed by atoms with Crippen LogP contribution in [-0.4, -0.2) is 70.4 Å². The molecule has 5 rings (SSSR count). The number of ether oxygens (including phenoxy) is 3. The summed E-state index contributed by atoms with van der Waals surface area (Å²) in [7, 11) is 0. The van der Waals surface area contributed by atoms with E-state index in [0.717, 1.165) is 16.7 Å². The molecule has 1 aliphatic carbocycles. The number of nitrogens with zero attached hydrogens (tertiary/aromatic N) is 7. The van der Waals surface area contributed by atoms with E-state index in [1.165, 1.54) is 0 Å². The first kappa shape index (κ1) is 35.7. The molecule has 1 heterocycles. The van der Waals surface area contributed by atoms with Crippen molar-refractivity contribution in [1.29, 1.82) is 0 Å². The Morgan fingerprint density at radius 2 is 1.43 bits per heavy atom. The van der Waals surface area contributed by atoms with Crippen LogP contribution in [0.3, 0.4) is 0 Å². The number of carbonyl (C=O) groups is 1. The van der Waals surface area contributed by atoms with E-state index >= 15 is 0 Å². The Hall–Kier alpha value is -4.61. The van der Waals surface area contributed by atoms with Gasteiger partial charge in [-0.15, -0.1) is 0 Å². The largest absolute Gasteiger partial charge is 0.445 e. The van der Waals surface area contributed by atoms with Gasteiger partial charge in [-0.05, 0) is 52.9 Å². The van der Waals surface area contributed by atoms with Gasteiger partial charge in [-0.3, -0.25) is 4.90 Å². The minimum atomic E-state index is -1.32. The number of benzene rings is 3. The molecule has 0 bridgehead atoms. The molecule has 0 spiro atoms. The van der Waals surface area contributed by atoms with Gasteiger partial charge in [0.1, 0.15) is 6.61 Å². The maximum atomic E-state index is 14.0. The molecular formula is C36H43N7O6. The van der Waals surface area contributed by atoms with E-state index in [1.807, 2.05) is 97.9 Å². The lowest BCUT2D eigenvalue weighted by Gasteiger charge is -2.49. The van der Waals surface area contributed by atoms with Gasteiger partial charge in [0, 0.05) is 22.3 Å². The van der Waals surface area contributed by atoms with Crippen molar-refractivity contribution in [3.63, 3.8) is 0 Å². The standard InChI is InChI=1S/C36H43N7O6/c1-24-19-29(40-42-38)33(44)34(45)32(24)35-28(39-41-37)17-18-31(49-35)30(23-47-21-26-13-7-3-8-14-26)43(20-25-11-5-2-6-12-25)36(46)48-22-27-15-9-4-10-16-27/h2-16,24,28-35,44-45H,17-23H2,1H3/t24-,28?,29?,30-,31-,32?,33-,34-,35-/m0/s1. The van der Waals surface area contributed by atoms with Gasteiger partial charge < -0.3 is 24.4 Å². The molecule has 3 aromatic rings. The molecule has 13 heteroatoms. The summed E-state index contributed by atoms with van der Waals surface area (Å²) in [5, 5.41) is 30.0. The smallest absolute Gasteiger partial charge is 0.410 e. The lowest BCUT2D eigenvalue weighted by atomic mass is 9.69. The number of rotatable bonds is 13. The quantitative estimate of drug-likeness (QED) is 0.116. The van der Waals surface area contributed by atoms with Crippen molar-refractivity contribution < 1.29 is 29.2 Å². The molecule has 49 heavy (non-hydrogen) atoms. The molecule has 2 fully saturated rings. The summed E-state index contributed by atoms with van der Waals surface area (Å²) in [5.74, 6) is -0.894. The Morgan fingerprint density at radius 1 is 0.857 bits per heavy atom. The first-order chi connectivity index (χ1) is 23.9. The second-order valence-corrected chi connectivity index (χ2v) is 12.8. The van der Waals surface area contributed by atoms with Crippen molar-refractivity contribution in [1.82, 2.24) is 4.90 Å². The topological polar surface area (TPSA) is 186 Å². The highest BCUT2D eigenvalue weighted by Crippen LogP contribution is 2.41. The number of amides is 1. The summed E-state index contributed by atoms with van der Waals surface area (Å²) in [6.45, 7) is 2.59. The van der Waals surface area contributed by atoms with Crippen LogP contribution in [0.5, 0.6) is 0 Å². The Morgan fingerprint density at radius 3 is 2.04 bits per heavy atom. The third-order valence-electron chi connectivity index (χ3n) is 9.51. The number of aliphatic hydroxyl groups is 2. The van der Waals surface area contributed by atoms with Crippen LogP contribution < -0.4 is 0 Å². The normalized spacial score (nSPS) is 27.2. The minimum Gasteiger partial charge on any atom is -0.445 e. The third kappa shape index (κ3) is 9.30. The highest BCUT2D eigenvalue weighted by molar-refractivity contribution is 5.68. The summed E-state index contributed by atoms with van der Waals surface area (Å²) in [6, 6.07) is 26.7. The second-order valence-electron chi connectivity index (χ2n) is 12.8. The molecule has 3 aromatic carbocycles. The lowest BCUT2D eigenvalue weighted by Crippen LogP contribution is -2.60. The van der Waals surface area contributed by atoms with Crippen molar-refractivity contribution in [3.05, 3.63) is 129 Å². The van der Waals surface area contributed by atoms with Gasteiger partial charge in [-0.25, -0.2) is 4.79 Å². The predicted octanol–water partition coefficient (Wildman–Crippen LogP) is 6.69. The highest BCUT2D eigenvalue weighted by atomic mass is 16.6. The monoisotopic (exact) mass is 669 g/mol. The molecule has 3 unspecified atom stereocenters. The molecule has 2 aliphatic rings. The highest BCUT2D eigenvalue weighted by Gasteiger charge is 2.50. The van der Waals surface area contributed by atoms with E-state index in [9.17, 15) is 20.5 Å². The molecule has 258 valence electrons. The predicted molar refractivity (Wildman–Crippen MR) is 182 cm³/mol. The first-order valence-electron chi connectivity index (χ1n) is 16.6. The summed E-state index contributed by atoms with van der Waals surface area (Å²) in [6.07, 6.45) is -3.41. The van der Waals surface area contributed by atoms with Crippen LogP contribution in [0.15, 0.2) is 101 Å². The third-order valence-corrected chi connectivity index (χ3v) is 9.51. The van der Waals surface area contributed by atoms with Crippen LogP contribution in [0.4, 0.5) is 4.79 Å². The fraction of sp³-hybridized carbons (Fsp3) is 0.472. The Kier molecular flexibility index (Phi) is 12.9. The van der Waals surface area contributed by atoms with Gasteiger partial charge in [0.15, 0.2) is 0 Å². The number of carbonyl (C=O) groups excluding carboxylic acids is 1. The zero-order valence-electron chi connectivity index (χ0n) is 27.5. The van der Waals surface area contributed by atoms with Gasteiger partial charge in [0.05, 0.1) is 55.8 Å². The van der Waals surface area contributed by atoms with Crippen LogP contribution >= 0.6 is 0 Å². The molecule has 0 aromatic heterocycles. The van der Waals surface area contributed by atoms with Crippen molar-refractivity contribution in [3.8, 4) is 0 Å². The molecule has 1 saturated carbocycles. The number of hydrogen-bond acceptors (Lipinski definition) is 8. The molecule has 1 aliphatic heterocycles. The van der Waals surface area contributed by atoms with Crippen molar-refractivity contribution >= 4 is 6.09 Å². The minimum absolute atomic E-state index is 0.0751. The van der Waals surface area contributed by atoms with Crippen LogP contribution in [-0.2, 0) is 34.0 Å². The molecule has 1 amide bonds. The zero-order valence-corrected chi connectivity index (χ0v) is 27.5. The summed E-state index contributed by atoms with van der Waals surface area (Å²) in [4.78, 5) is 21.6. The SMILES string of the molecule is C[C@H]1CC(N=[N+]=[N-])[C@H](O)[C@@H](O)C1[C@H]1O[C@H]([C@H](COCc2ccccc2)N(Cc2ccccc2)C(=O)OCc2ccccc2)CCC1N=[N+]=[N-]. The fourth-order valence-electron chi connectivity index (χ4n) is 7.02. The second kappa shape index (κ2) is 17.7. The zero-order chi connectivity index (χ0) is 34.6. The van der Waals surface area contributed by atoms with Crippen molar-refractivity contribution in [2.45, 2.75) is 88.5 Å². The Balaban J connectivity index is 1.46. The first-order valence-corrected chi connectivity index (χ1v) is 16.6. The number of azide groups is 2. The average Bonchev–Trinajstić information content (AvgIpc) is 3.13. The van der Waals surface area contributed by atoms with Crippen molar-refractivity contribution in [2.24, 2.45) is 22.1 Å². The van der Waals surface area contributed by atoms with E-state index < -0.39 is 54.6 Å². The van der Waals surface area contributed by atoms with E-state index in [-0.39, 0.29) is 25.7 Å². The lowest BCUT2D eigenvalue weighted by molar-refractivity contribution is -0.178. The van der Waals surface area contributed by atoms with Crippen LogP contribution in [0.1, 0.15) is 42.9 Å². The molecule has 2 N–H and O–H groups in total. The van der Waals surface area contributed by atoms with Gasteiger partial charge in [0.25, 0.3) is 0 Å². The van der Waals surface area contributed by atoms with Gasteiger partial charge >= 0.3 is 6.09 Å². The Labute approximate surface area is 285 Å². The van der Waals surface area contributed by atoms with E-state index in [1.54, 1.807) is 4.90 Å². The maximum Gasteiger partial charge on any atom is 0.410 e. The van der Waals surface area contributed by atoms with Crippen LogP contribution in [0.2, 0.25) is 0 Å². The van der Waals surface area contributed by atoms with E-state index in [4.69, 9.17) is 19.7 Å². The van der Waals surface area contributed by atoms with Gasteiger partial charge in [-0.2, -0.15) is 0 Å². The van der Waals surface area contributed by atoms with Crippen LogP contribution in [0, 0.1) is 11.8 Å². The molecule has 1 saturated heterocycles. The summed E-state index contributed by atoms with van der Waals surface area (Å²) in [5.41, 5.74) is 21.2. The van der Waals surface area contributed by atoms with Crippen molar-refractivity contribution in [2.75, 3.05) is 6.61 Å².